The van der Waals surface area contributed by atoms with Crippen LogP contribution in [0.5, 0.6) is 17.2 Å². The number of anilines is 1. The standard InChI is InChI=1S/C35H38ClN3O4/c1-37(2)21-22-42-30-8-6-9-31(24-30)43-34-23-29(15-16-33(34)35(40)41-3)39-19-17-38(18-20-39)25-27-7-4-5-10-32(27)26-11-13-28(36)14-12-26/h4-16,23-24H,17-22,25H2,1-3H3. The number of hydrogen-bond acceptors (Lipinski definition) is 7. The maximum atomic E-state index is 12.6. The average molecular weight is 600 g/mol. The lowest BCUT2D eigenvalue weighted by atomic mass is 9.99. The Morgan fingerprint density at radius 2 is 1.60 bits per heavy atom. The van der Waals surface area contributed by atoms with Crippen LogP contribution in [0.1, 0.15) is 15.9 Å². The lowest BCUT2D eigenvalue weighted by molar-refractivity contribution is 0.0598. The van der Waals surface area contributed by atoms with E-state index >= 15 is 0 Å². The lowest BCUT2D eigenvalue weighted by Crippen LogP contribution is -2.46. The molecule has 0 saturated carbocycles. The number of likely N-dealkylation sites (N-methyl/N-ethyl adjacent to an activating group) is 1. The summed E-state index contributed by atoms with van der Waals surface area (Å²) in [5.74, 6) is 1.32. The van der Waals surface area contributed by atoms with Crippen LogP contribution in [-0.2, 0) is 11.3 Å². The third-order valence-corrected chi connectivity index (χ3v) is 7.77. The molecule has 0 amide bonds. The second-order valence-corrected chi connectivity index (χ2v) is 11.3. The minimum absolute atomic E-state index is 0.377. The predicted octanol–water partition coefficient (Wildman–Crippen LogP) is 6.85. The van der Waals surface area contributed by atoms with Gasteiger partial charge in [-0.1, -0.05) is 54.1 Å². The molecule has 8 heteroatoms. The SMILES string of the molecule is COC(=O)c1ccc(N2CCN(Cc3ccccc3-c3ccc(Cl)cc3)CC2)cc1Oc1cccc(OCCN(C)C)c1. The Labute approximate surface area is 259 Å². The van der Waals surface area contributed by atoms with Gasteiger partial charge in [-0.2, -0.15) is 0 Å². The molecule has 0 spiro atoms. The summed E-state index contributed by atoms with van der Waals surface area (Å²) in [5, 5.41) is 0.740. The van der Waals surface area contributed by atoms with Crippen molar-refractivity contribution in [2.75, 3.05) is 65.4 Å². The monoisotopic (exact) mass is 599 g/mol. The summed E-state index contributed by atoms with van der Waals surface area (Å²) in [5.41, 5.74) is 5.07. The van der Waals surface area contributed by atoms with Crippen LogP contribution in [0.2, 0.25) is 5.02 Å². The molecular weight excluding hydrogens is 562 g/mol. The molecule has 0 radical (unpaired) electrons. The first-order valence-electron chi connectivity index (χ1n) is 14.5. The number of carbonyl (C=O) groups excluding carboxylic acids is 1. The maximum Gasteiger partial charge on any atom is 0.341 e. The van der Waals surface area contributed by atoms with Crippen molar-refractivity contribution in [3.05, 3.63) is 107 Å². The molecule has 0 aromatic heterocycles. The van der Waals surface area contributed by atoms with Crippen molar-refractivity contribution in [2.45, 2.75) is 6.54 Å². The summed E-state index contributed by atoms with van der Waals surface area (Å²) in [6.45, 7) is 5.78. The van der Waals surface area contributed by atoms with Crippen LogP contribution in [0.3, 0.4) is 0 Å². The highest BCUT2D eigenvalue weighted by atomic mass is 35.5. The number of hydrogen-bond donors (Lipinski definition) is 0. The summed E-state index contributed by atoms with van der Waals surface area (Å²) < 4.78 is 17.2. The van der Waals surface area contributed by atoms with Gasteiger partial charge in [-0.05, 0) is 67.2 Å². The highest BCUT2D eigenvalue weighted by Gasteiger charge is 2.21. The first-order valence-corrected chi connectivity index (χ1v) is 14.9. The highest BCUT2D eigenvalue weighted by Crippen LogP contribution is 2.33. The van der Waals surface area contributed by atoms with Crippen molar-refractivity contribution in [1.82, 2.24) is 9.80 Å². The Hall–Kier alpha value is -4.04. The molecule has 1 aliphatic rings. The van der Waals surface area contributed by atoms with Crippen molar-refractivity contribution in [1.29, 1.82) is 0 Å². The zero-order chi connectivity index (χ0) is 30.2. The molecule has 0 atom stereocenters. The zero-order valence-electron chi connectivity index (χ0n) is 25.0. The summed E-state index contributed by atoms with van der Waals surface area (Å²) in [6.07, 6.45) is 0. The van der Waals surface area contributed by atoms with Gasteiger partial charge in [0.2, 0.25) is 0 Å². The number of benzene rings is 4. The molecule has 7 nitrogen and oxygen atoms in total. The van der Waals surface area contributed by atoms with E-state index in [-0.39, 0.29) is 0 Å². The van der Waals surface area contributed by atoms with Crippen LogP contribution in [0.4, 0.5) is 5.69 Å². The fourth-order valence-corrected chi connectivity index (χ4v) is 5.27. The van der Waals surface area contributed by atoms with Crippen molar-refractivity contribution in [3.8, 4) is 28.4 Å². The van der Waals surface area contributed by atoms with Crippen LogP contribution in [-0.4, -0.2) is 76.3 Å². The second kappa shape index (κ2) is 14.4. The molecule has 1 aliphatic heterocycles. The Morgan fingerprint density at radius 1 is 0.860 bits per heavy atom. The smallest absolute Gasteiger partial charge is 0.341 e. The number of nitrogens with zero attached hydrogens (tertiary/aromatic N) is 3. The van der Waals surface area contributed by atoms with Crippen molar-refractivity contribution < 1.29 is 19.0 Å². The fourth-order valence-electron chi connectivity index (χ4n) is 5.15. The first kappa shape index (κ1) is 30.4. The van der Waals surface area contributed by atoms with Crippen LogP contribution >= 0.6 is 11.6 Å². The topological polar surface area (TPSA) is 54.5 Å². The summed E-state index contributed by atoms with van der Waals surface area (Å²) in [6, 6.07) is 29.7. The number of carbonyl (C=O) groups is 1. The summed E-state index contributed by atoms with van der Waals surface area (Å²) >= 11 is 6.12. The van der Waals surface area contributed by atoms with Crippen molar-refractivity contribution >= 4 is 23.3 Å². The van der Waals surface area contributed by atoms with E-state index in [1.54, 1.807) is 6.07 Å². The van der Waals surface area contributed by atoms with Crippen LogP contribution in [0.25, 0.3) is 11.1 Å². The minimum Gasteiger partial charge on any atom is -0.492 e. The van der Waals surface area contributed by atoms with E-state index < -0.39 is 5.97 Å². The average Bonchev–Trinajstić information content (AvgIpc) is 3.02. The number of esters is 1. The van der Waals surface area contributed by atoms with Crippen molar-refractivity contribution in [2.24, 2.45) is 0 Å². The number of piperazine rings is 1. The molecule has 0 N–H and O–H groups in total. The molecular formula is C35H38ClN3O4. The zero-order valence-corrected chi connectivity index (χ0v) is 25.7. The second-order valence-electron chi connectivity index (χ2n) is 10.8. The van der Waals surface area contributed by atoms with Gasteiger partial charge in [0.15, 0.2) is 0 Å². The van der Waals surface area contributed by atoms with Gasteiger partial charge in [-0.3, -0.25) is 4.90 Å². The molecule has 1 fully saturated rings. The third-order valence-electron chi connectivity index (χ3n) is 7.52. The van der Waals surface area contributed by atoms with E-state index in [2.05, 4.69) is 51.1 Å². The van der Waals surface area contributed by atoms with E-state index in [1.165, 1.54) is 23.8 Å². The normalized spacial score (nSPS) is 13.7. The highest BCUT2D eigenvalue weighted by molar-refractivity contribution is 6.30. The van der Waals surface area contributed by atoms with E-state index in [9.17, 15) is 4.79 Å². The Morgan fingerprint density at radius 3 is 2.35 bits per heavy atom. The molecule has 1 heterocycles. The summed E-state index contributed by atoms with van der Waals surface area (Å²) in [4.78, 5) is 19.5. The number of ether oxygens (including phenoxy) is 3. The predicted molar refractivity (Wildman–Crippen MR) is 173 cm³/mol. The number of methoxy groups -OCH3 is 1. The Kier molecular flexibility index (Phi) is 10.2. The van der Waals surface area contributed by atoms with E-state index in [0.717, 1.165) is 50.0 Å². The third kappa shape index (κ3) is 8.08. The quantitative estimate of drug-likeness (QED) is 0.175. The first-order chi connectivity index (χ1) is 20.9. The van der Waals surface area contributed by atoms with Gasteiger partial charge >= 0.3 is 5.97 Å². The summed E-state index contributed by atoms with van der Waals surface area (Å²) in [7, 11) is 5.39. The van der Waals surface area contributed by atoms with Gasteiger partial charge in [0.05, 0.1) is 7.11 Å². The largest absolute Gasteiger partial charge is 0.492 e. The fraction of sp³-hybridized carbons (Fsp3) is 0.286. The maximum absolute atomic E-state index is 12.6. The molecule has 43 heavy (non-hydrogen) atoms. The van der Waals surface area contributed by atoms with Crippen molar-refractivity contribution in [3.63, 3.8) is 0 Å². The molecule has 4 aromatic carbocycles. The van der Waals surface area contributed by atoms with Gasteiger partial charge in [0.25, 0.3) is 0 Å². The number of halogens is 1. The van der Waals surface area contributed by atoms with E-state index in [4.69, 9.17) is 25.8 Å². The van der Waals surface area contributed by atoms with Gasteiger partial charge < -0.3 is 24.0 Å². The Balaban J connectivity index is 1.27. The van der Waals surface area contributed by atoms with Gasteiger partial charge in [0.1, 0.15) is 29.4 Å². The molecule has 5 rings (SSSR count). The lowest BCUT2D eigenvalue weighted by Gasteiger charge is -2.36. The molecule has 1 saturated heterocycles. The van der Waals surface area contributed by atoms with Crippen LogP contribution in [0, 0.1) is 0 Å². The van der Waals surface area contributed by atoms with E-state index in [0.29, 0.717) is 29.4 Å². The van der Waals surface area contributed by atoms with Crippen LogP contribution < -0.4 is 14.4 Å². The molecule has 0 bridgehead atoms. The molecule has 0 unspecified atom stereocenters. The Bertz CT molecular complexity index is 1520. The minimum atomic E-state index is -0.441. The van der Waals surface area contributed by atoms with Crippen LogP contribution in [0.15, 0.2) is 91.0 Å². The number of rotatable bonds is 11. The van der Waals surface area contributed by atoms with Gasteiger partial charge in [0, 0.05) is 62.1 Å². The molecule has 0 aliphatic carbocycles. The van der Waals surface area contributed by atoms with E-state index in [1.807, 2.05) is 62.6 Å². The molecule has 4 aromatic rings. The van der Waals surface area contributed by atoms with Gasteiger partial charge in [-0.15, -0.1) is 0 Å². The molecule has 224 valence electrons. The van der Waals surface area contributed by atoms with Gasteiger partial charge in [-0.25, -0.2) is 4.79 Å².